The second kappa shape index (κ2) is 7.88. The molecule has 0 saturated carbocycles. The van der Waals surface area contributed by atoms with E-state index in [0.717, 1.165) is 49.1 Å². The van der Waals surface area contributed by atoms with E-state index in [1.807, 2.05) is 12.1 Å². The molecule has 0 aromatic heterocycles. The van der Waals surface area contributed by atoms with Crippen LogP contribution in [0, 0.1) is 0 Å². The minimum Gasteiger partial charge on any atom is -0.353 e. The van der Waals surface area contributed by atoms with E-state index in [1.165, 1.54) is 5.56 Å². The molecule has 4 rings (SSSR count). The van der Waals surface area contributed by atoms with Crippen LogP contribution in [0.15, 0.2) is 53.5 Å². The fourth-order valence-electron chi connectivity index (χ4n) is 3.04. The van der Waals surface area contributed by atoms with E-state index in [4.69, 9.17) is 4.99 Å². The van der Waals surface area contributed by atoms with Gasteiger partial charge in [-0.15, -0.1) is 24.8 Å². The van der Waals surface area contributed by atoms with Gasteiger partial charge in [0.2, 0.25) is 0 Å². The highest BCUT2D eigenvalue weighted by atomic mass is 35.5. The number of para-hydroxylation sites is 3. The lowest BCUT2D eigenvalue weighted by Crippen LogP contribution is -2.47. The number of rotatable bonds is 0. The van der Waals surface area contributed by atoms with Crippen LogP contribution in [0.1, 0.15) is 5.56 Å². The molecule has 2 aromatic carbocycles. The summed E-state index contributed by atoms with van der Waals surface area (Å²) in [5.41, 5.74) is 4.39. The quantitative estimate of drug-likeness (QED) is 0.768. The Morgan fingerprint density at radius 2 is 1.46 bits per heavy atom. The van der Waals surface area contributed by atoms with Crippen LogP contribution >= 0.6 is 24.8 Å². The third-order valence-corrected chi connectivity index (χ3v) is 4.37. The molecule has 4 nitrogen and oxygen atoms in total. The van der Waals surface area contributed by atoms with Crippen LogP contribution < -0.4 is 5.32 Å². The van der Waals surface area contributed by atoms with E-state index in [-0.39, 0.29) is 24.8 Å². The van der Waals surface area contributed by atoms with Crippen molar-refractivity contribution >= 4 is 47.7 Å². The predicted octanol–water partition coefficient (Wildman–Crippen LogP) is 3.91. The Labute approximate surface area is 155 Å². The van der Waals surface area contributed by atoms with Crippen LogP contribution in [0.4, 0.5) is 17.1 Å². The van der Waals surface area contributed by atoms with Gasteiger partial charge in [-0.05, 0) is 31.3 Å². The molecule has 6 heteroatoms. The molecular formula is C18H22Cl2N4. The van der Waals surface area contributed by atoms with Crippen molar-refractivity contribution in [1.29, 1.82) is 0 Å². The number of hydrogen-bond acceptors (Lipinski definition) is 4. The summed E-state index contributed by atoms with van der Waals surface area (Å²) in [6.45, 7) is 4.20. The van der Waals surface area contributed by atoms with Crippen LogP contribution in [0.25, 0.3) is 0 Å². The van der Waals surface area contributed by atoms with Gasteiger partial charge in [0.25, 0.3) is 0 Å². The van der Waals surface area contributed by atoms with Crippen molar-refractivity contribution in [3.63, 3.8) is 0 Å². The molecule has 0 aliphatic carbocycles. The Morgan fingerprint density at radius 3 is 2.21 bits per heavy atom. The van der Waals surface area contributed by atoms with Crippen LogP contribution in [0.2, 0.25) is 0 Å². The molecule has 128 valence electrons. The summed E-state index contributed by atoms with van der Waals surface area (Å²) in [6, 6.07) is 16.7. The van der Waals surface area contributed by atoms with Crippen LogP contribution in [0.5, 0.6) is 0 Å². The lowest BCUT2D eigenvalue weighted by molar-refractivity contribution is 0.216. The van der Waals surface area contributed by atoms with Crippen molar-refractivity contribution in [1.82, 2.24) is 9.80 Å². The van der Waals surface area contributed by atoms with Gasteiger partial charge in [0.15, 0.2) is 0 Å². The maximum absolute atomic E-state index is 4.99. The topological polar surface area (TPSA) is 30.9 Å². The predicted molar refractivity (Wildman–Crippen MR) is 106 cm³/mol. The lowest BCUT2D eigenvalue weighted by atomic mass is 10.1. The van der Waals surface area contributed by atoms with E-state index in [2.05, 4.69) is 58.6 Å². The average molecular weight is 365 g/mol. The number of halogens is 2. The first-order valence-electron chi connectivity index (χ1n) is 7.79. The summed E-state index contributed by atoms with van der Waals surface area (Å²) >= 11 is 0. The third-order valence-electron chi connectivity index (χ3n) is 4.37. The van der Waals surface area contributed by atoms with Crippen LogP contribution in [-0.4, -0.2) is 48.9 Å². The second-order valence-corrected chi connectivity index (χ2v) is 5.91. The van der Waals surface area contributed by atoms with E-state index in [1.54, 1.807) is 0 Å². The lowest BCUT2D eigenvalue weighted by Gasteiger charge is -2.34. The van der Waals surface area contributed by atoms with Gasteiger partial charge in [0.1, 0.15) is 5.84 Å². The zero-order valence-electron chi connectivity index (χ0n) is 13.6. The monoisotopic (exact) mass is 364 g/mol. The Bertz CT molecular complexity index is 724. The Kier molecular flexibility index (Phi) is 6.10. The first-order valence-corrected chi connectivity index (χ1v) is 7.79. The molecule has 1 saturated heterocycles. The summed E-state index contributed by atoms with van der Waals surface area (Å²) in [7, 11) is 2.18. The van der Waals surface area contributed by atoms with Gasteiger partial charge in [0.05, 0.1) is 11.4 Å². The van der Waals surface area contributed by atoms with Crippen molar-refractivity contribution in [3.05, 3.63) is 54.1 Å². The molecule has 2 heterocycles. The number of likely N-dealkylation sites (N-methyl/N-ethyl adjacent to an activating group) is 1. The van der Waals surface area contributed by atoms with Gasteiger partial charge in [-0.25, -0.2) is 4.99 Å². The maximum Gasteiger partial charge on any atom is 0.138 e. The minimum absolute atomic E-state index is 0. The molecular weight excluding hydrogens is 343 g/mol. The number of amidine groups is 1. The SMILES string of the molecule is CN1CCN(C2=Nc3ccccc3Nc3ccccc32)CC1.Cl.Cl. The molecule has 0 radical (unpaired) electrons. The highest BCUT2D eigenvalue weighted by molar-refractivity contribution is 6.07. The Hall–Kier alpha value is -1.75. The molecule has 0 amide bonds. The molecule has 1 N–H and O–H groups in total. The number of fused-ring (bicyclic) bond motifs is 2. The van der Waals surface area contributed by atoms with Crippen molar-refractivity contribution in [2.75, 3.05) is 38.5 Å². The second-order valence-electron chi connectivity index (χ2n) is 5.91. The molecule has 2 aromatic rings. The minimum atomic E-state index is 0. The number of anilines is 2. The third kappa shape index (κ3) is 3.51. The smallest absolute Gasteiger partial charge is 0.138 e. The summed E-state index contributed by atoms with van der Waals surface area (Å²) in [5, 5.41) is 3.53. The van der Waals surface area contributed by atoms with Crippen LogP contribution in [-0.2, 0) is 0 Å². The average Bonchev–Trinajstić information content (AvgIpc) is 2.72. The van der Waals surface area contributed by atoms with Crippen molar-refractivity contribution in [2.24, 2.45) is 4.99 Å². The molecule has 2 aliphatic rings. The highest BCUT2D eigenvalue weighted by Crippen LogP contribution is 2.34. The Morgan fingerprint density at radius 1 is 0.833 bits per heavy atom. The van der Waals surface area contributed by atoms with Gasteiger partial charge in [0, 0.05) is 37.4 Å². The van der Waals surface area contributed by atoms with E-state index >= 15 is 0 Å². The molecule has 0 atom stereocenters. The summed E-state index contributed by atoms with van der Waals surface area (Å²) < 4.78 is 0. The normalized spacial score (nSPS) is 16.4. The molecule has 1 fully saturated rings. The number of hydrogen-bond donors (Lipinski definition) is 1. The molecule has 0 bridgehead atoms. The van der Waals surface area contributed by atoms with Gasteiger partial charge < -0.3 is 15.1 Å². The Balaban J connectivity index is 0.00000104. The number of aliphatic imine (C=N–C) groups is 1. The summed E-state index contributed by atoms with van der Waals surface area (Å²) in [6.07, 6.45) is 0. The number of nitrogens with one attached hydrogen (secondary N) is 1. The zero-order chi connectivity index (χ0) is 14.9. The number of piperazine rings is 1. The fourth-order valence-corrected chi connectivity index (χ4v) is 3.04. The molecule has 2 aliphatic heterocycles. The number of nitrogens with zero attached hydrogens (tertiary/aromatic N) is 3. The van der Waals surface area contributed by atoms with Crippen molar-refractivity contribution in [2.45, 2.75) is 0 Å². The van der Waals surface area contributed by atoms with E-state index < -0.39 is 0 Å². The largest absolute Gasteiger partial charge is 0.353 e. The van der Waals surface area contributed by atoms with Gasteiger partial charge in [-0.3, -0.25) is 0 Å². The molecule has 24 heavy (non-hydrogen) atoms. The summed E-state index contributed by atoms with van der Waals surface area (Å²) in [4.78, 5) is 9.76. The first kappa shape index (κ1) is 18.6. The highest BCUT2D eigenvalue weighted by Gasteiger charge is 2.23. The maximum atomic E-state index is 4.99. The van der Waals surface area contributed by atoms with Gasteiger partial charge in [-0.2, -0.15) is 0 Å². The van der Waals surface area contributed by atoms with E-state index in [0.29, 0.717) is 0 Å². The van der Waals surface area contributed by atoms with Crippen LogP contribution in [0.3, 0.4) is 0 Å². The zero-order valence-corrected chi connectivity index (χ0v) is 15.2. The van der Waals surface area contributed by atoms with E-state index in [9.17, 15) is 0 Å². The number of benzene rings is 2. The fraction of sp³-hybridized carbons (Fsp3) is 0.278. The summed E-state index contributed by atoms with van der Waals surface area (Å²) in [5.74, 6) is 1.08. The first-order chi connectivity index (χ1) is 10.8. The van der Waals surface area contributed by atoms with Gasteiger partial charge in [-0.1, -0.05) is 24.3 Å². The standard InChI is InChI=1S/C18H20N4.2ClH/c1-21-10-12-22(13-11-21)18-14-6-2-3-7-15(14)19-16-8-4-5-9-17(16)20-18;;/h2-9,19H,10-13H2,1H3;2*1H. The van der Waals surface area contributed by atoms with Crippen molar-refractivity contribution in [3.8, 4) is 0 Å². The van der Waals surface area contributed by atoms with Gasteiger partial charge >= 0.3 is 0 Å². The van der Waals surface area contributed by atoms with Crippen molar-refractivity contribution < 1.29 is 0 Å². The molecule has 0 unspecified atom stereocenters. The molecule has 0 spiro atoms.